The summed E-state index contributed by atoms with van der Waals surface area (Å²) in [4.78, 5) is 27.6. The Morgan fingerprint density at radius 1 is 1.27 bits per heavy atom. The van der Waals surface area contributed by atoms with Crippen LogP contribution in [-0.2, 0) is 9.59 Å². The first-order valence-electron chi connectivity index (χ1n) is 9.19. The third-order valence-electron chi connectivity index (χ3n) is 6.14. The van der Waals surface area contributed by atoms with Gasteiger partial charge in [0.2, 0.25) is 11.8 Å². The summed E-state index contributed by atoms with van der Waals surface area (Å²) in [6, 6.07) is 6.91. The fraction of sp³-hybridized carbons (Fsp3) is 0.579. The van der Waals surface area contributed by atoms with Gasteiger partial charge in [-0.3, -0.25) is 9.59 Å². The van der Waals surface area contributed by atoms with E-state index >= 15 is 0 Å². The van der Waals surface area contributed by atoms with Crippen LogP contribution in [0.15, 0.2) is 24.3 Å². The van der Waals surface area contributed by atoms with E-state index in [-0.39, 0.29) is 29.6 Å². The molecule has 3 atom stereocenters. The molecule has 0 bridgehead atoms. The topological polar surface area (TPSA) is 61.4 Å². The summed E-state index contributed by atoms with van der Waals surface area (Å²) in [5, 5.41) is 7.02. The number of hydrogen-bond acceptors (Lipinski definition) is 3. The number of para-hydroxylation sites is 1. The van der Waals surface area contributed by atoms with Crippen molar-refractivity contribution >= 4 is 41.5 Å². The van der Waals surface area contributed by atoms with Gasteiger partial charge < -0.3 is 15.5 Å². The molecule has 0 spiro atoms. The summed E-state index contributed by atoms with van der Waals surface area (Å²) in [5.74, 6) is 0.398. The Morgan fingerprint density at radius 3 is 2.88 bits per heavy atom. The van der Waals surface area contributed by atoms with Crippen molar-refractivity contribution in [1.29, 1.82) is 0 Å². The normalized spacial score (nSPS) is 30.7. The van der Waals surface area contributed by atoms with Crippen molar-refractivity contribution in [3.63, 3.8) is 0 Å². The van der Waals surface area contributed by atoms with Crippen LogP contribution in [0.4, 0.5) is 5.69 Å². The third kappa shape index (κ3) is 3.21. The van der Waals surface area contributed by atoms with E-state index in [1.54, 1.807) is 11.0 Å². The average Bonchev–Trinajstić information content (AvgIpc) is 3.21. The number of nitrogens with zero attached hydrogens (tertiary/aromatic N) is 1. The molecule has 7 heteroatoms. The van der Waals surface area contributed by atoms with Crippen LogP contribution in [0.25, 0.3) is 0 Å². The second kappa shape index (κ2) is 7.75. The summed E-state index contributed by atoms with van der Waals surface area (Å²) in [5.41, 5.74) is 0.401. The number of rotatable bonds is 3. The first-order valence-corrected chi connectivity index (χ1v) is 9.57. The van der Waals surface area contributed by atoms with Crippen LogP contribution in [0.5, 0.6) is 0 Å². The molecule has 3 fully saturated rings. The molecule has 0 radical (unpaired) electrons. The quantitative estimate of drug-likeness (QED) is 0.823. The number of benzene rings is 1. The predicted octanol–water partition coefficient (Wildman–Crippen LogP) is 2.76. The Bertz CT molecular complexity index is 699. The minimum Gasteiger partial charge on any atom is -0.344 e. The average molecular weight is 398 g/mol. The maximum Gasteiger partial charge on any atom is 0.249 e. The number of carbonyl (C=O) groups is 2. The number of fused-ring (bicyclic) bond motifs is 1. The van der Waals surface area contributed by atoms with Crippen LogP contribution in [0.3, 0.4) is 0 Å². The first-order chi connectivity index (χ1) is 12.1. The summed E-state index contributed by atoms with van der Waals surface area (Å²) >= 11 is 6.23. The van der Waals surface area contributed by atoms with Crippen molar-refractivity contribution in [3.05, 3.63) is 29.3 Å². The molecule has 2 heterocycles. The molecule has 1 aliphatic carbocycles. The van der Waals surface area contributed by atoms with Gasteiger partial charge in [-0.15, -0.1) is 12.4 Å². The van der Waals surface area contributed by atoms with Gasteiger partial charge in [0.1, 0.15) is 6.04 Å². The number of nitrogens with one attached hydrogen (secondary N) is 2. The molecular weight excluding hydrogens is 373 g/mol. The molecule has 26 heavy (non-hydrogen) atoms. The molecule has 2 saturated heterocycles. The molecule has 1 aromatic carbocycles. The maximum absolute atomic E-state index is 13.1. The molecule has 1 saturated carbocycles. The predicted molar refractivity (Wildman–Crippen MR) is 105 cm³/mol. The minimum atomic E-state index is -0.443. The number of amides is 2. The molecule has 142 valence electrons. The Balaban J connectivity index is 0.00000196. The Hall–Kier alpha value is -1.30. The van der Waals surface area contributed by atoms with Gasteiger partial charge >= 0.3 is 0 Å². The minimum absolute atomic E-state index is 0. The van der Waals surface area contributed by atoms with Crippen LogP contribution in [0.2, 0.25) is 5.02 Å². The van der Waals surface area contributed by atoms with Gasteiger partial charge in [-0.25, -0.2) is 0 Å². The second-order valence-corrected chi connectivity index (χ2v) is 7.89. The first kappa shape index (κ1) is 19.5. The van der Waals surface area contributed by atoms with E-state index in [2.05, 4.69) is 10.6 Å². The highest BCUT2D eigenvalue weighted by molar-refractivity contribution is 6.34. The number of carbonyl (C=O) groups excluding carboxylic acids is 2. The largest absolute Gasteiger partial charge is 0.344 e. The number of anilines is 1. The van der Waals surface area contributed by atoms with Crippen LogP contribution in [0, 0.1) is 11.3 Å². The molecule has 3 aliphatic rings. The second-order valence-electron chi connectivity index (χ2n) is 7.49. The molecule has 1 aromatic rings. The van der Waals surface area contributed by atoms with E-state index < -0.39 is 6.04 Å². The maximum atomic E-state index is 13.1. The Morgan fingerprint density at radius 2 is 2.08 bits per heavy atom. The SMILES string of the molecule is Cl.O=C1C(NC(=O)[C@@]23CCCC[C@H]2CNC3)CCN1c1ccccc1Cl. The zero-order chi connectivity index (χ0) is 17.4. The van der Waals surface area contributed by atoms with Crippen LogP contribution in [0.1, 0.15) is 32.1 Å². The van der Waals surface area contributed by atoms with Gasteiger partial charge in [-0.05, 0) is 43.9 Å². The van der Waals surface area contributed by atoms with E-state index in [4.69, 9.17) is 11.6 Å². The summed E-state index contributed by atoms with van der Waals surface area (Å²) < 4.78 is 0. The van der Waals surface area contributed by atoms with Crippen molar-refractivity contribution in [2.45, 2.75) is 38.1 Å². The molecule has 0 aromatic heterocycles. The van der Waals surface area contributed by atoms with Gasteiger partial charge in [0.15, 0.2) is 0 Å². The van der Waals surface area contributed by atoms with Crippen molar-refractivity contribution < 1.29 is 9.59 Å². The molecule has 2 amide bonds. The lowest BCUT2D eigenvalue weighted by molar-refractivity contribution is -0.136. The van der Waals surface area contributed by atoms with Crippen LogP contribution in [-0.4, -0.2) is 37.5 Å². The summed E-state index contributed by atoms with van der Waals surface area (Å²) in [6.45, 7) is 2.23. The van der Waals surface area contributed by atoms with Crippen molar-refractivity contribution in [2.24, 2.45) is 11.3 Å². The van der Waals surface area contributed by atoms with E-state index in [0.717, 1.165) is 38.0 Å². The molecule has 4 rings (SSSR count). The fourth-order valence-electron chi connectivity index (χ4n) is 4.72. The third-order valence-corrected chi connectivity index (χ3v) is 6.46. The van der Waals surface area contributed by atoms with E-state index in [9.17, 15) is 9.59 Å². The van der Waals surface area contributed by atoms with Gasteiger partial charge in [-0.1, -0.05) is 36.6 Å². The zero-order valence-electron chi connectivity index (χ0n) is 14.7. The van der Waals surface area contributed by atoms with Crippen LogP contribution >= 0.6 is 24.0 Å². The van der Waals surface area contributed by atoms with Gasteiger partial charge in [-0.2, -0.15) is 0 Å². The van der Waals surface area contributed by atoms with E-state index in [0.29, 0.717) is 23.9 Å². The monoisotopic (exact) mass is 397 g/mol. The van der Waals surface area contributed by atoms with Crippen molar-refractivity contribution in [2.75, 3.05) is 24.5 Å². The molecule has 2 aliphatic heterocycles. The molecule has 1 unspecified atom stereocenters. The van der Waals surface area contributed by atoms with E-state index in [1.807, 2.05) is 18.2 Å². The highest BCUT2D eigenvalue weighted by atomic mass is 35.5. The number of halogens is 2. The Kier molecular flexibility index (Phi) is 5.80. The van der Waals surface area contributed by atoms with Crippen LogP contribution < -0.4 is 15.5 Å². The summed E-state index contributed by atoms with van der Waals surface area (Å²) in [7, 11) is 0. The standard InChI is InChI=1S/C19H24ClN3O2.ClH/c20-14-6-1-2-7-16(14)23-10-8-15(17(23)24)22-18(25)19-9-4-3-5-13(19)11-21-12-19;/h1-2,6-7,13,15,21H,3-5,8-12H2,(H,22,25);1H/t13-,15?,19+;/m0./s1. The zero-order valence-corrected chi connectivity index (χ0v) is 16.2. The van der Waals surface area contributed by atoms with E-state index in [1.165, 1.54) is 6.42 Å². The van der Waals surface area contributed by atoms with Crippen molar-refractivity contribution in [3.8, 4) is 0 Å². The smallest absolute Gasteiger partial charge is 0.249 e. The van der Waals surface area contributed by atoms with Crippen molar-refractivity contribution in [1.82, 2.24) is 10.6 Å². The molecule has 5 nitrogen and oxygen atoms in total. The number of hydrogen-bond donors (Lipinski definition) is 2. The van der Waals surface area contributed by atoms with Gasteiger partial charge in [0, 0.05) is 13.1 Å². The lowest BCUT2D eigenvalue weighted by Gasteiger charge is -2.37. The molecular formula is C19H25Cl2N3O2. The highest BCUT2D eigenvalue weighted by Gasteiger charge is 2.51. The lowest BCUT2D eigenvalue weighted by Crippen LogP contribution is -2.52. The highest BCUT2D eigenvalue weighted by Crippen LogP contribution is 2.44. The Labute approximate surface area is 165 Å². The lowest BCUT2D eigenvalue weighted by atomic mass is 9.67. The fourth-order valence-corrected chi connectivity index (χ4v) is 4.95. The summed E-state index contributed by atoms with van der Waals surface area (Å²) in [6.07, 6.45) is 4.94. The van der Waals surface area contributed by atoms with Gasteiger partial charge in [0.05, 0.1) is 16.1 Å². The van der Waals surface area contributed by atoms with Gasteiger partial charge in [0.25, 0.3) is 0 Å². The molecule has 2 N–H and O–H groups in total.